The van der Waals surface area contributed by atoms with E-state index in [-0.39, 0.29) is 8.96 Å². The summed E-state index contributed by atoms with van der Waals surface area (Å²) in [6.45, 7) is 0. The Bertz CT molecular complexity index is 458. The zero-order valence-corrected chi connectivity index (χ0v) is 10.7. The normalized spacial score (nSPS) is 16.9. The molecule has 0 atom stereocenters. The van der Waals surface area contributed by atoms with Crippen LogP contribution in [0.1, 0.15) is 0 Å². The predicted molar refractivity (Wildman–Crippen MR) is 60.3 cm³/mol. The molecule has 0 heterocycles. The highest BCUT2D eigenvalue weighted by Crippen LogP contribution is 2.30. The summed E-state index contributed by atoms with van der Waals surface area (Å²) in [5, 5.41) is 0. The van der Waals surface area contributed by atoms with Gasteiger partial charge in [0.05, 0.1) is 8.96 Å². The van der Waals surface area contributed by atoms with Crippen molar-refractivity contribution in [3.63, 3.8) is 0 Å². The van der Waals surface area contributed by atoms with Crippen LogP contribution in [0.5, 0.6) is 0 Å². The Kier molecular flexibility index (Phi) is 3.44. The van der Waals surface area contributed by atoms with Crippen molar-refractivity contribution >= 4 is 55.2 Å². The smallest absolute Gasteiger partial charge is 0.254 e. The van der Waals surface area contributed by atoms with Gasteiger partial charge in [0, 0.05) is 0 Å². The molecule has 0 bridgehead atoms. The number of hydrogen-bond acceptors (Lipinski definition) is 4. The fourth-order valence-electron chi connectivity index (χ4n) is 1.09. The van der Waals surface area contributed by atoms with Crippen molar-refractivity contribution in [1.29, 1.82) is 0 Å². The molecule has 0 aromatic rings. The molecule has 0 aromatic heterocycles. The molecular formula is C8H4Br2N2O4. The third-order valence-electron chi connectivity index (χ3n) is 1.78. The Morgan fingerprint density at radius 2 is 1.06 bits per heavy atom. The Hall–Kier alpha value is -1.28. The fourth-order valence-corrected chi connectivity index (χ4v) is 2.23. The van der Waals surface area contributed by atoms with Crippen LogP contribution in [0, 0.1) is 0 Å². The maximum Gasteiger partial charge on any atom is 0.254 e. The van der Waals surface area contributed by atoms with Crippen LogP contribution in [-0.4, -0.2) is 23.4 Å². The molecule has 0 aliphatic heterocycles. The van der Waals surface area contributed by atoms with Gasteiger partial charge in [-0.1, -0.05) is 0 Å². The van der Waals surface area contributed by atoms with E-state index in [9.17, 15) is 19.2 Å². The van der Waals surface area contributed by atoms with E-state index in [1.807, 2.05) is 0 Å². The number of ketones is 2. The standard InChI is InChI=1S/C8H4Br2N2O4/c9-3-1(7(11)15)5(13)4(10)2(6(3)14)8(12)16/h(H2,11,15)(H2,12,16). The Morgan fingerprint density at radius 1 is 0.812 bits per heavy atom. The summed E-state index contributed by atoms with van der Waals surface area (Å²) >= 11 is 5.49. The van der Waals surface area contributed by atoms with E-state index < -0.39 is 34.5 Å². The summed E-state index contributed by atoms with van der Waals surface area (Å²) in [4.78, 5) is 45.1. The SMILES string of the molecule is NC(=O)C1=C(Br)C(=O)C(C(N)=O)=C(Br)C1=O. The van der Waals surface area contributed by atoms with Gasteiger partial charge in [-0.15, -0.1) is 0 Å². The van der Waals surface area contributed by atoms with Crippen molar-refractivity contribution in [1.82, 2.24) is 0 Å². The Morgan fingerprint density at radius 3 is 1.25 bits per heavy atom. The lowest BCUT2D eigenvalue weighted by Gasteiger charge is -2.14. The van der Waals surface area contributed by atoms with Gasteiger partial charge in [-0.05, 0) is 31.9 Å². The van der Waals surface area contributed by atoms with Gasteiger partial charge in [-0.3, -0.25) is 19.2 Å². The third kappa shape index (κ3) is 1.85. The molecule has 16 heavy (non-hydrogen) atoms. The highest BCUT2D eigenvalue weighted by Gasteiger charge is 2.37. The van der Waals surface area contributed by atoms with Crippen molar-refractivity contribution in [2.24, 2.45) is 11.5 Å². The number of allylic oxidation sites excluding steroid dienone is 2. The topological polar surface area (TPSA) is 120 Å². The minimum absolute atomic E-state index is 0.359. The second-order valence-electron chi connectivity index (χ2n) is 2.76. The molecule has 0 saturated carbocycles. The van der Waals surface area contributed by atoms with Gasteiger partial charge in [-0.25, -0.2) is 0 Å². The average molecular weight is 352 g/mol. The molecule has 2 amide bonds. The molecule has 0 radical (unpaired) electrons. The van der Waals surface area contributed by atoms with Crippen molar-refractivity contribution in [2.45, 2.75) is 0 Å². The summed E-state index contributed by atoms with van der Waals surface area (Å²) in [5.74, 6) is -3.84. The summed E-state index contributed by atoms with van der Waals surface area (Å²) in [6, 6.07) is 0. The molecule has 1 aliphatic carbocycles. The number of Topliss-reactive ketones (excluding diaryl/α,β-unsaturated/α-hetero) is 2. The molecule has 0 unspecified atom stereocenters. The van der Waals surface area contributed by atoms with Crippen LogP contribution in [-0.2, 0) is 19.2 Å². The summed E-state index contributed by atoms with van der Waals surface area (Å²) in [7, 11) is 0. The van der Waals surface area contributed by atoms with Crippen LogP contribution in [0.4, 0.5) is 0 Å². The zero-order chi connectivity index (χ0) is 12.6. The van der Waals surface area contributed by atoms with Crippen LogP contribution >= 0.6 is 31.9 Å². The van der Waals surface area contributed by atoms with E-state index >= 15 is 0 Å². The quantitative estimate of drug-likeness (QED) is 0.510. The molecule has 1 aliphatic rings. The van der Waals surface area contributed by atoms with Gasteiger partial charge in [0.1, 0.15) is 11.1 Å². The van der Waals surface area contributed by atoms with Crippen LogP contribution < -0.4 is 11.5 Å². The highest BCUT2D eigenvalue weighted by molar-refractivity contribution is 9.12. The maximum atomic E-state index is 11.6. The fraction of sp³-hybridized carbons (Fsp3) is 0. The minimum Gasteiger partial charge on any atom is -0.365 e. The first-order chi connectivity index (χ1) is 7.29. The van der Waals surface area contributed by atoms with Crippen LogP contribution in [0.15, 0.2) is 20.1 Å². The number of primary amides is 2. The number of rotatable bonds is 2. The molecule has 8 heteroatoms. The van der Waals surface area contributed by atoms with Crippen LogP contribution in [0.25, 0.3) is 0 Å². The van der Waals surface area contributed by atoms with Crippen LogP contribution in [0.2, 0.25) is 0 Å². The first kappa shape index (κ1) is 12.8. The van der Waals surface area contributed by atoms with E-state index in [4.69, 9.17) is 11.5 Å². The molecule has 4 N–H and O–H groups in total. The second kappa shape index (κ2) is 4.30. The number of carbonyl (C=O) groups is 4. The van der Waals surface area contributed by atoms with E-state index in [1.54, 1.807) is 0 Å². The molecule has 0 saturated heterocycles. The first-order valence-corrected chi connectivity index (χ1v) is 5.36. The lowest BCUT2D eigenvalue weighted by molar-refractivity contribution is -0.123. The van der Waals surface area contributed by atoms with Gasteiger partial charge in [-0.2, -0.15) is 0 Å². The Labute approximate surface area is 106 Å². The van der Waals surface area contributed by atoms with Crippen molar-refractivity contribution in [3.8, 4) is 0 Å². The Balaban J connectivity index is 3.49. The zero-order valence-electron chi connectivity index (χ0n) is 7.54. The maximum absolute atomic E-state index is 11.6. The first-order valence-electron chi connectivity index (χ1n) is 3.77. The van der Waals surface area contributed by atoms with E-state index in [0.29, 0.717) is 0 Å². The predicted octanol–water partition coefficient (Wildman–Crippen LogP) is -0.593. The number of nitrogens with two attached hydrogens (primary N) is 2. The van der Waals surface area contributed by atoms with Gasteiger partial charge < -0.3 is 11.5 Å². The van der Waals surface area contributed by atoms with Gasteiger partial charge in [0.2, 0.25) is 11.6 Å². The van der Waals surface area contributed by atoms with Crippen molar-refractivity contribution in [2.75, 3.05) is 0 Å². The number of amides is 2. The molecule has 0 fully saturated rings. The highest BCUT2D eigenvalue weighted by atomic mass is 79.9. The third-order valence-corrected chi connectivity index (χ3v) is 3.30. The lowest BCUT2D eigenvalue weighted by atomic mass is 9.96. The monoisotopic (exact) mass is 350 g/mol. The van der Waals surface area contributed by atoms with E-state index in [0.717, 1.165) is 0 Å². The molecule has 1 rings (SSSR count). The van der Waals surface area contributed by atoms with E-state index in [1.165, 1.54) is 0 Å². The van der Waals surface area contributed by atoms with Gasteiger partial charge in [0.25, 0.3) is 11.8 Å². The minimum atomic E-state index is -1.06. The van der Waals surface area contributed by atoms with Crippen molar-refractivity contribution in [3.05, 3.63) is 20.1 Å². The molecule has 0 aromatic carbocycles. The molecular weight excluding hydrogens is 348 g/mol. The summed E-state index contributed by atoms with van der Waals surface area (Å²) in [5.41, 5.74) is 8.84. The second-order valence-corrected chi connectivity index (χ2v) is 4.35. The molecule has 84 valence electrons. The number of carbonyl (C=O) groups excluding carboxylic acids is 4. The van der Waals surface area contributed by atoms with E-state index in [2.05, 4.69) is 31.9 Å². The summed E-state index contributed by atoms with van der Waals surface area (Å²) in [6.07, 6.45) is 0. The molecule has 0 spiro atoms. The number of hydrogen-bond donors (Lipinski definition) is 2. The average Bonchev–Trinajstić information content (AvgIpc) is 2.14. The van der Waals surface area contributed by atoms with Crippen molar-refractivity contribution < 1.29 is 19.2 Å². The van der Waals surface area contributed by atoms with Gasteiger partial charge in [0.15, 0.2) is 0 Å². The molecule has 6 nitrogen and oxygen atoms in total. The summed E-state index contributed by atoms with van der Waals surface area (Å²) < 4.78 is -0.719. The van der Waals surface area contributed by atoms with Gasteiger partial charge >= 0.3 is 0 Å². The number of halogens is 2. The largest absolute Gasteiger partial charge is 0.365 e. The lowest BCUT2D eigenvalue weighted by Crippen LogP contribution is -2.32. The van der Waals surface area contributed by atoms with Crippen LogP contribution in [0.3, 0.4) is 0 Å².